The van der Waals surface area contributed by atoms with Crippen LogP contribution in [0.2, 0.25) is 0 Å². The predicted molar refractivity (Wildman–Crippen MR) is 96.5 cm³/mol. The molecule has 0 aliphatic rings. The summed E-state index contributed by atoms with van der Waals surface area (Å²) in [4.78, 5) is 28.4. The molecule has 0 amide bonds. The number of aromatic nitrogens is 2. The molecule has 0 unspecified atom stereocenters. The Morgan fingerprint density at radius 1 is 1.04 bits per heavy atom. The minimum absolute atomic E-state index is 0.0422. The Hall–Kier alpha value is -3.41. The average molecular weight is 350 g/mol. The lowest BCUT2D eigenvalue weighted by atomic mass is 10.2. The number of hydrogen-bond donors (Lipinski definition) is 1. The van der Waals surface area contributed by atoms with Crippen molar-refractivity contribution in [3.05, 3.63) is 93.5 Å². The van der Waals surface area contributed by atoms with Crippen LogP contribution >= 0.6 is 0 Å². The monoisotopic (exact) mass is 350 g/mol. The van der Waals surface area contributed by atoms with Crippen molar-refractivity contribution >= 4 is 5.97 Å². The van der Waals surface area contributed by atoms with Crippen LogP contribution in [0.3, 0.4) is 0 Å². The third kappa shape index (κ3) is 3.80. The molecule has 0 aliphatic carbocycles. The molecule has 0 radical (unpaired) electrons. The first kappa shape index (κ1) is 17.4. The van der Waals surface area contributed by atoms with Gasteiger partial charge in [0.1, 0.15) is 6.61 Å². The van der Waals surface area contributed by atoms with Gasteiger partial charge in [0.25, 0.3) is 5.56 Å². The van der Waals surface area contributed by atoms with Gasteiger partial charge in [0.05, 0.1) is 12.1 Å². The van der Waals surface area contributed by atoms with E-state index in [0.717, 1.165) is 15.7 Å². The van der Waals surface area contributed by atoms with Crippen LogP contribution < -0.4 is 10.3 Å². The van der Waals surface area contributed by atoms with Crippen LogP contribution in [0, 0.1) is 6.92 Å². The lowest BCUT2D eigenvalue weighted by Crippen LogP contribution is -2.30. The van der Waals surface area contributed by atoms with Crippen molar-refractivity contribution in [3.8, 4) is 5.88 Å². The Labute approximate surface area is 150 Å². The number of aromatic carboxylic acids is 1. The van der Waals surface area contributed by atoms with Crippen LogP contribution in [0.1, 0.15) is 27.3 Å². The summed E-state index contributed by atoms with van der Waals surface area (Å²) in [6.45, 7) is 1.92. The third-order valence-corrected chi connectivity index (χ3v) is 3.94. The Balaban J connectivity index is 1.95. The number of hydrogen-bond acceptors (Lipinski definition) is 4. The smallest absolute Gasteiger partial charge is 0.372 e. The molecule has 3 aromatic rings. The molecule has 0 saturated heterocycles. The zero-order valence-corrected chi connectivity index (χ0v) is 14.3. The van der Waals surface area contributed by atoms with E-state index in [-0.39, 0.29) is 30.4 Å². The van der Waals surface area contributed by atoms with Crippen molar-refractivity contribution in [1.82, 2.24) is 9.55 Å². The number of ether oxygens (including phenoxy) is 1. The number of benzene rings is 2. The number of nitrogens with zero attached hydrogens (tertiary/aromatic N) is 2. The fourth-order valence-electron chi connectivity index (χ4n) is 2.57. The second-order valence-electron chi connectivity index (χ2n) is 5.82. The van der Waals surface area contributed by atoms with Gasteiger partial charge in [-0.25, -0.2) is 4.79 Å². The van der Waals surface area contributed by atoms with Crippen molar-refractivity contribution in [2.45, 2.75) is 20.1 Å². The van der Waals surface area contributed by atoms with Gasteiger partial charge in [-0.15, -0.1) is 0 Å². The largest absolute Gasteiger partial charge is 0.475 e. The summed E-state index contributed by atoms with van der Waals surface area (Å²) in [5.74, 6) is -1.57. The summed E-state index contributed by atoms with van der Waals surface area (Å²) in [5, 5.41) is 9.49. The Morgan fingerprint density at radius 2 is 1.62 bits per heavy atom. The van der Waals surface area contributed by atoms with Gasteiger partial charge in [-0.2, -0.15) is 4.98 Å². The molecule has 0 spiro atoms. The van der Waals surface area contributed by atoms with Crippen LogP contribution in [-0.2, 0) is 13.2 Å². The highest BCUT2D eigenvalue weighted by molar-refractivity contribution is 5.83. The fourth-order valence-corrected chi connectivity index (χ4v) is 2.57. The summed E-state index contributed by atoms with van der Waals surface area (Å²) in [5.41, 5.74) is 1.57. The summed E-state index contributed by atoms with van der Waals surface area (Å²) < 4.78 is 6.77. The quantitative estimate of drug-likeness (QED) is 0.739. The molecule has 132 valence electrons. The van der Waals surface area contributed by atoms with E-state index >= 15 is 0 Å². The molecule has 26 heavy (non-hydrogen) atoms. The Kier molecular flexibility index (Phi) is 5.12. The standard InChI is InChI=1S/C20H18N2O4/c1-14-18(26-13-16-10-6-3-7-11-16)21-17(20(24)25)22(19(14)23)12-15-8-4-2-5-9-15/h2-11H,12-13H2,1H3,(H,24,25). The Bertz CT molecular complexity index is 966. The van der Waals surface area contributed by atoms with Gasteiger partial charge < -0.3 is 9.84 Å². The van der Waals surface area contributed by atoms with E-state index in [1.165, 1.54) is 0 Å². The second kappa shape index (κ2) is 7.65. The number of carbonyl (C=O) groups is 1. The van der Waals surface area contributed by atoms with Crippen LogP contribution in [0.4, 0.5) is 0 Å². The highest BCUT2D eigenvalue weighted by Gasteiger charge is 2.19. The maximum Gasteiger partial charge on any atom is 0.372 e. The number of carboxylic acids is 1. The first-order valence-electron chi connectivity index (χ1n) is 8.11. The van der Waals surface area contributed by atoms with E-state index < -0.39 is 11.5 Å². The lowest BCUT2D eigenvalue weighted by molar-refractivity contribution is 0.0674. The average Bonchev–Trinajstić information content (AvgIpc) is 2.66. The minimum Gasteiger partial charge on any atom is -0.475 e. The van der Waals surface area contributed by atoms with Crippen LogP contribution in [0.25, 0.3) is 0 Å². The molecular formula is C20H18N2O4. The van der Waals surface area contributed by atoms with E-state index in [9.17, 15) is 14.7 Å². The van der Waals surface area contributed by atoms with Crippen molar-refractivity contribution in [3.63, 3.8) is 0 Å². The van der Waals surface area contributed by atoms with Crippen LogP contribution in [-0.4, -0.2) is 20.6 Å². The molecule has 3 rings (SSSR count). The van der Waals surface area contributed by atoms with Crippen LogP contribution in [0.5, 0.6) is 5.88 Å². The summed E-state index contributed by atoms with van der Waals surface area (Å²) in [6, 6.07) is 18.6. The van der Waals surface area contributed by atoms with Gasteiger partial charge in [0.2, 0.25) is 11.7 Å². The molecule has 0 atom stereocenters. The predicted octanol–water partition coefficient (Wildman–Crippen LogP) is 2.88. The van der Waals surface area contributed by atoms with Crippen molar-refractivity contribution in [2.75, 3.05) is 0 Å². The van der Waals surface area contributed by atoms with Crippen molar-refractivity contribution < 1.29 is 14.6 Å². The molecule has 6 heteroatoms. The SMILES string of the molecule is Cc1c(OCc2ccccc2)nc(C(=O)O)n(Cc2ccccc2)c1=O. The zero-order chi connectivity index (χ0) is 18.5. The Morgan fingerprint density at radius 3 is 2.19 bits per heavy atom. The molecule has 0 aliphatic heterocycles. The molecule has 6 nitrogen and oxygen atoms in total. The zero-order valence-electron chi connectivity index (χ0n) is 14.3. The van der Waals surface area contributed by atoms with Crippen molar-refractivity contribution in [1.29, 1.82) is 0 Å². The normalized spacial score (nSPS) is 10.5. The third-order valence-electron chi connectivity index (χ3n) is 3.94. The van der Waals surface area contributed by atoms with Gasteiger partial charge in [-0.05, 0) is 18.1 Å². The summed E-state index contributed by atoms with van der Waals surface area (Å²) >= 11 is 0. The summed E-state index contributed by atoms with van der Waals surface area (Å²) in [7, 11) is 0. The molecule has 1 aromatic heterocycles. The fraction of sp³-hybridized carbons (Fsp3) is 0.150. The molecule has 2 aromatic carbocycles. The molecule has 0 fully saturated rings. The van der Waals surface area contributed by atoms with Crippen molar-refractivity contribution in [2.24, 2.45) is 0 Å². The molecule has 1 heterocycles. The first-order valence-corrected chi connectivity index (χ1v) is 8.11. The van der Waals surface area contributed by atoms with Crippen LogP contribution in [0.15, 0.2) is 65.5 Å². The first-order chi connectivity index (χ1) is 12.6. The molecule has 0 saturated carbocycles. The van der Waals surface area contributed by atoms with E-state index in [1.807, 2.05) is 60.7 Å². The maximum atomic E-state index is 12.7. The second-order valence-corrected chi connectivity index (χ2v) is 5.82. The summed E-state index contributed by atoms with van der Waals surface area (Å²) in [6.07, 6.45) is 0. The minimum atomic E-state index is -1.28. The highest BCUT2D eigenvalue weighted by atomic mass is 16.5. The molecule has 1 N–H and O–H groups in total. The van der Waals surface area contributed by atoms with E-state index in [4.69, 9.17) is 4.74 Å². The molecular weight excluding hydrogens is 332 g/mol. The lowest BCUT2D eigenvalue weighted by Gasteiger charge is -2.14. The number of rotatable bonds is 6. The van der Waals surface area contributed by atoms with Gasteiger partial charge in [0.15, 0.2) is 0 Å². The van der Waals surface area contributed by atoms with E-state index in [1.54, 1.807) is 6.92 Å². The van der Waals surface area contributed by atoms with Gasteiger partial charge in [0, 0.05) is 0 Å². The van der Waals surface area contributed by atoms with E-state index in [0.29, 0.717) is 0 Å². The number of carboxylic acid groups (broad SMARTS) is 1. The van der Waals surface area contributed by atoms with Gasteiger partial charge in [-0.1, -0.05) is 60.7 Å². The maximum absolute atomic E-state index is 12.7. The van der Waals surface area contributed by atoms with E-state index in [2.05, 4.69) is 4.98 Å². The van der Waals surface area contributed by atoms with Gasteiger partial charge >= 0.3 is 5.97 Å². The molecule has 0 bridgehead atoms. The topological polar surface area (TPSA) is 81.4 Å². The van der Waals surface area contributed by atoms with Gasteiger partial charge in [-0.3, -0.25) is 9.36 Å². The highest BCUT2D eigenvalue weighted by Crippen LogP contribution is 2.15.